The summed E-state index contributed by atoms with van der Waals surface area (Å²) in [6.07, 6.45) is 1.82. The van der Waals surface area contributed by atoms with Crippen molar-refractivity contribution in [2.24, 2.45) is 0 Å². The number of rotatable bonds is 6. The van der Waals surface area contributed by atoms with Gasteiger partial charge in [0.25, 0.3) is 5.91 Å². The van der Waals surface area contributed by atoms with E-state index in [0.29, 0.717) is 18.1 Å². The molecular formula is C17H23IN2O5S2. The molecule has 150 valence electrons. The number of amides is 1. The van der Waals surface area contributed by atoms with Crippen LogP contribution in [0.25, 0.3) is 0 Å². The second-order valence-electron chi connectivity index (χ2n) is 6.23. The average Bonchev–Trinajstić information content (AvgIpc) is 2.64. The molecule has 0 spiro atoms. The number of ether oxygens (including phenoxy) is 1. The molecule has 1 amide bonds. The predicted molar refractivity (Wildman–Crippen MR) is 116 cm³/mol. The third-order valence-electron chi connectivity index (χ3n) is 4.04. The molecule has 0 saturated carbocycles. The summed E-state index contributed by atoms with van der Waals surface area (Å²) in [4.78, 5) is 14.4. The van der Waals surface area contributed by atoms with Gasteiger partial charge in [-0.05, 0) is 43.0 Å². The molecule has 0 unspecified atom stereocenters. The van der Waals surface area contributed by atoms with Gasteiger partial charge < -0.3 is 4.74 Å². The summed E-state index contributed by atoms with van der Waals surface area (Å²) < 4.78 is 35.4. The van der Waals surface area contributed by atoms with E-state index in [2.05, 4.69) is 8.60 Å². The van der Waals surface area contributed by atoms with E-state index < -0.39 is 26.7 Å². The minimum absolute atomic E-state index is 0.0466. The van der Waals surface area contributed by atoms with E-state index in [-0.39, 0.29) is 32.2 Å². The Morgan fingerprint density at radius 3 is 2.74 bits per heavy atom. The van der Waals surface area contributed by atoms with Gasteiger partial charge in [-0.25, -0.2) is 13.9 Å². The molecule has 10 heteroatoms. The normalized spacial score (nSPS) is 19.8. The molecule has 1 fully saturated rings. The number of hydrogen-bond donors (Lipinski definition) is 2. The van der Waals surface area contributed by atoms with Gasteiger partial charge in [-0.1, -0.05) is 24.4 Å². The van der Waals surface area contributed by atoms with Crippen LogP contribution in [0, 0.1) is 0 Å². The number of nitrogens with one attached hydrogen (secondary N) is 1. The van der Waals surface area contributed by atoms with Crippen molar-refractivity contribution in [1.29, 1.82) is 0 Å². The molecule has 0 aliphatic carbocycles. The Labute approximate surface area is 173 Å². The van der Waals surface area contributed by atoms with Gasteiger partial charge in [0.05, 0.1) is 4.90 Å². The number of hydrogen-bond acceptors (Lipinski definition) is 6. The topological polar surface area (TPSA) is 95.9 Å². The van der Waals surface area contributed by atoms with E-state index in [9.17, 15) is 13.2 Å². The first-order valence-corrected chi connectivity index (χ1v) is 13.8. The van der Waals surface area contributed by atoms with Crippen LogP contribution in [0.15, 0.2) is 35.2 Å². The van der Waals surface area contributed by atoms with Gasteiger partial charge >= 0.3 is 0 Å². The monoisotopic (exact) mass is 526 g/mol. The van der Waals surface area contributed by atoms with E-state index in [0.717, 1.165) is 4.31 Å². The highest BCUT2D eigenvalue weighted by Crippen LogP contribution is 2.38. The molecule has 0 radical (unpaired) electrons. The SMILES string of the molecule is CI=C=CCOc1ccc(S(=O)(=O)N2CCSC(C)(C)[C@@H]2C(=O)NO)cc1. The Hall–Kier alpha value is -0.910. The highest BCUT2D eigenvalue weighted by Gasteiger charge is 2.48. The Morgan fingerprint density at radius 2 is 2.15 bits per heavy atom. The molecule has 7 nitrogen and oxygen atoms in total. The first-order chi connectivity index (χ1) is 12.7. The van der Waals surface area contributed by atoms with Crippen molar-refractivity contribution in [1.82, 2.24) is 9.79 Å². The second kappa shape index (κ2) is 9.53. The standard InChI is InChI=1S/C17H23IN2O5S2/c1-17(2)15(16(21)19-22)20(10-12-26-17)27(23,24)14-7-5-13(6-8-14)25-11-4-9-18-3/h4-8,15,22H,10-12H2,1-3H3,(H,19,21)/t15-/m0/s1. The summed E-state index contributed by atoms with van der Waals surface area (Å²) in [6, 6.07) is 5.10. The quantitative estimate of drug-likeness (QED) is 0.255. The molecule has 0 bridgehead atoms. The maximum atomic E-state index is 13.1. The molecule has 1 aromatic rings. The highest BCUT2D eigenvalue weighted by atomic mass is 127. The lowest BCUT2D eigenvalue weighted by Crippen LogP contribution is -2.61. The zero-order chi connectivity index (χ0) is 20.1. The summed E-state index contributed by atoms with van der Waals surface area (Å²) in [7, 11) is -3.91. The first kappa shape index (κ1) is 22.4. The largest absolute Gasteiger partial charge is 0.489 e. The van der Waals surface area contributed by atoms with Crippen molar-refractivity contribution in [2.45, 2.75) is 29.5 Å². The van der Waals surface area contributed by atoms with Crippen LogP contribution in [0.2, 0.25) is 0 Å². The molecule has 1 aliphatic rings. The van der Waals surface area contributed by atoms with E-state index in [1.165, 1.54) is 23.9 Å². The molecule has 1 aromatic carbocycles. The lowest BCUT2D eigenvalue weighted by atomic mass is 10.0. The molecular weight excluding hydrogens is 503 g/mol. The van der Waals surface area contributed by atoms with Crippen LogP contribution in [0.5, 0.6) is 5.75 Å². The van der Waals surface area contributed by atoms with Gasteiger partial charge in [0.15, 0.2) is 0 Å². The number of sulfonamides is 1. The van der Waals surface area contributed by atoms with Crippen molar-refractivity contribution in [3.05, 3.63) is 30.3 Å². The van der Waals surface area contributed by atoms with Crippen LogP contribution in [0.4, 0.5) is 0 Å². The van der Waals surface area contributed by atoms with E-state index >= 15 is 0 Å². The fraction of sp³-hybridized carbons (Fsp3) is 0.471. The molecule has 1 atom stereocenters. The van der Waals surface area contributed by atoms with E-state index in [4.69, 9.17) is 9.94 Å². The molecule has 1 heterocycles. The summed E-state index contributed by atoms with van der Waals surface area (Å²) >= 11 is 1.45. The lowest BCUT2D eigenvalue weighted by Gasteiger charge is -2.43. The summed E-state index contributed by atoms with van der Waals surface area (Å²) in [5.74, 6) is 0.379. The lowest BCUT2D eigenvalue weighted by molar-refractivity contribution is -0.134. The minimum atomic E-state index is -3.91. The summed E-state index contributed by atoms with van der Waals surface area (Å²) in [6.45, 7) is 4.15. The van der Waals surface area contributed by atoms with Gasteiger partial charge in [0, 0.05) is 23.1 Å². The van der Waals surface area contributed by atoms with Crippen LogP contribution in [-0.2, 0) is 14.8 Å². The minimum Gasteiger partial charge on any atom is -0.489 e. The van der Waals surface area contributed by atoms with Crippen molar-refractivity contribution in [3.63, 3.8) is 0 Å². The Morgan fingerprint density at radius 1 is 1.48 bits per heavy atom. The number of nitrogens with zero attached hydrogens (tertiary/aromatic N) is 1. The van der Waals surface area contributed by atoms with Gasteiger partial charge in [-0.15, -0.1) is 0 Å². The van der Waals surface area contributed by atoms with Crippen LogP contribution in [0.1, 0.15) is 13.8 Å². The van der Waals surface area contributed by atoms with Crippen molar-refractivity contribution in [2.75, 3.05) is 23.8 Å². The molecule has 2 rings (SSSR count). The number of hydroxylamine groups is 1. The third-order valence-corrected chi connectivity index (χ3v) is 8.34. The molecule has 1 saturated heterocycles. The van der Waals surface area contributed by atoms with Crippen molar-refractivity contribution < 1.29 is 23.2 Å². The van der Waals surface area contributed by atoms with Crippen molar-refractivity contribution in [3.8, 4) is 5.75 Å². The number of alkyl halides is 1. The first-order valence-electron chi connectivity index (χ1n) is 8.12. The fourth-order valence-electron chi connectivity index (χ4n) is 2.81. The number of carbonyl (C=O) groups is 1. The van der Waals surface area contributed by atoms with E-state index in [1.807, 2.05) is 6.08 Å². The van der Waals surface area contributed by atoms with Crippen molar-refractivity contribution >= 4 is 52.1 Å². The molecule has 2 N–H and O–H groups in total. The fourth-order valence-corrected chi connectivity index (χ4v) is 6.54. The second-order valence-corrected chi connectivity index (χ2v) is 11.6. The predicted octanol–water partition coefficient (Wildman–Crippen LogP) is 2.01. The van der Waals surface area contributed by atoms with Crippen LogP contribution in [0.3, 0.4) is 0 Å². The third kappa shape index (κ3) is 5.33. The van der Waals surface area contributed by atoms with Crippen LogP contribution < -0.4 is 10.2 Å². The Balaban J connectivity index is 2.27. The van der Waals surface area contributed by atoms with Gasteiger partial charge in [-0.2, -0.15) is 16.1 Å². The molecule has 27 heavy (non-hydrogen) atoms. The smallest absolute Gasteiger partial charge is 0.263 e. The zero-order valence-electron chi connectivity index (χ0n) is 15.3. The van der Waals surface area contributed by atoms with Crippen LogP contribution >= 0.6 is 32.5 Å². The molecule has 1 aliphatic heterocycles. The van der Waals surface area contributed by atoms with Crippen LogP contribution in [-0.4, -0.2) is 62.1 Å². The maximum absolute atomic E-state index is 13.1. The maximum Gasteiger partial charge on any atom is 0.263 e. The van der Waals surface area contributed by atoms with Gasteiger partial charge in [-0.3, -0.25) is 10.0 Å². The number of benzene rings is 1. The average molecular weight is 526 g/mol. The Bertz CT molecular complexity index is 833. The zero-order valence-corrected chi connectivity index (χ0v) is 19.1. The molecule has 0 aromatic heterocycles. The Kier molecular flexibility index (Phi) is 7.90. The summed E-state index contributed by atoms with van der Waals surface area (Å²) in [5, 5.41) is 9.08. The highest BCUT2D eigenvalue weighted by molar-refractivity contribution is 14.2. The summed E-state index contributed by atoms with van der Waals surface area (Å²) in [5.41, 5.74) is 1.60. The number of halogens is 1. The van der Waals surface area contributed by atoms with E-state index in [1.54, 1.807) is 31.5 Å². The number of carbonyl (C=O) groups excluding carboxylic acids is 1. The van der Waals surface area contributed by atoms with Gasteiger partial charge in [0.1, 0.15) is 18.4 Å². The van der Waals surface area contributed by atoms with Gasteiger partial charge in [0.2, 0.25) is 10.0 Å². The number of thioether (sulfide) groups is 1.